The lowest BCUT2D eigenvalue weighted by Gasteiger charge is -2.72. The molecule has 2 aromatic heterocycles. The van der Waals surface area contributed by atoms with Crippen molar-refractivity contribution in [3.05, 3.63) is 41.7 Å². The van der Waals surface area contributed by atoms with Gasteiger partial charge < -0.3 is 10.3 Å². The summed E-state index contributed by atoms with van der Waals surface area (Å²) in [6.45, 7) is 2.40. The number of rotatable bonds is 3. The minimum absolute atomic E-state index is 0.0407. The molecule has 0 bridgehead atoms. The highest BCUT2D eigenvalue weighted by Gasteiger charge is 2.76. The minimum Gasteiger partial charge on any atom is -0.361 e. The minimum atomic E-state index is 0.0407. The van der Waals surface area contributed by atoms with Crippen molar-refractivity contribution in [3.8, 4) is 10.4 Å². The van der Waals surface area contributed by atoms with Gasteiger partial charge in [0.15, 0.2) is 0 Å². The number of fused-ring (bicyclic) bond motifs is 1. The molecule has 4 nitrogen and oxygen atoms in total. The zero-order chi connectivity index (χ0) is 17.5. The number of thiazole rings is 1. The third-order valence-electron chi connectivity index (χ3n) is 7.76. The van der Waals surface area contributed by atoms with E-state index < -0.39 is 0 Å². The van der Waals surface area contributed by atoms with Crippen LogP contribution in [-0.4, -0.2) is 21.4 Å². The molecule has 26 heavy (non-hydrogen) atoms. The summed E-state index contributed by atoms with van der Waals surface area (Å²) < 4.78 is 0. The maximum absolute atomic E-state index is 13.3. The van der Waals surface area contributed by atoms with Gasteiger partial charge in [0.1, 0.15) is 0 Å². The Labute approximate surface area is 156 Å². The van der Waals surface area contributed by atoms with Crippen LogP contribution in [0.15, 0.2) is 36.1 Å². The van der Waals surface area contributed by atoms with E-state index in [1.54, 1.807) is 11.3 Å². The van der Waals surface area contributed by atoms with E-state index in [0.29, 0.717) is 5.41 Å². The van der Waals surface area contributed by atoms with E-state index in [9.17, 15) is 4.79 Å². The van der Waals surface area contributed by atoms with Gasteiger partial charge in [0.2, 0.25) is 0 Å². The molecule has 1 amide bonds. The summed E-state index contributed by atoms with van der Waals surface area (Å²) in [5, 5.41) is 4.47. The van der Waals surface area contributed by atoms with E-state index in [1.165, 1.54) is 12.8 Å². The fourth-order valence-electron chi connectivity index (χ4n) is 6.22. The third kappa shape index (κ3) is 1.65. The van der Waals surface area contributed by atoms with Gasteiger partial charge in [-0.05, 0) is 66.7 Å². The third-order valence-corrected chi connectivity index (χ3v) is 8.59. The van der Waals surface area contributed by atoms with Crippen molar-refractivity contribution in [2.24, 2.45) is 17.3 Å². The van der Waals surface area contributed by atoms with Gasteiger partial charge in [-0.25, -0.2) is 0 Å². The number of aromatic amines is 1. The second-order valence-electron chi connectivity index (χ2n) is 8.53. The molecule has 0 spiro atoms. The predicted octanol–water partition coefficient (Wildman–Crippen LogP) is 4.60. The zero-order valence-corrected chi connectivity index (χ0v) is 15.5. The lowest BCUT2D eigenvalue weighted by atomic mass is 9.37. The molecule has 2 unspecified atom stereocenters. The van der Waals surface area contributed by atoms with Crippen LogP contribution in [0.3, 0.4) is 0 Å². The summed E-state index contributed by atoms with van der Waals surface area (Å²) in [5.41, 5.74) is 5.04. The Balaban J connectivity index is 1.39. The average Bonchev–Trinajstić information content (AvgIpc) is 3.33. The molecule has 3 saturated carbocycles. The Morgan fingerprint density at radius 2 is 2.12 bits per heavy atom. The van der Waals surface area contributed by atoms with E-state index >= 15 is 0 Å². The quantitative estimate of drug-likeness (QED) is 0.714. The van der Waals surface area contributed by atoms with E-state index in [0.717, 1.165) is 51.6 Å². The molecule has 0 aliphatic heterocycles. The Bertz CT molecular complexity index is 1020. The van der Waals surface area contributed by atoms with Crippen LogP contribution < -0.4 is 5.32 Å². The number of hydrogen-bond acceptors (Lipinski definition) is 3. The molecule has 3 fully saturated rings. The number of amides is 1. The molecule has 6 rings (SSSR count). The van der Waals surface area contributed by atoms with Crippen LogP contribution >= 0.6 is 11.3 Å². The number of H-pyrrole nitrogens is 1. The Morgan fingerprint density at radius 1 is 1.31 bits per heavy atom. The van der Waals surface area contributed by atoms with E-state index in [4.69, 9.17) is 0 Å². The smallest absolute Gasteiger partial charge is 0.252 e. The molecule has 1 aromatic carbocycles. The summed E-state index contributed by atoms with van der Waals surface area (Å²) in [6.07, 6.45) is 8.80. The highest BCUT2D eigenvalue weighted by atomic mass is 32.1. The predicted molar refractivity (Wildman–Crippen MR) is 103 cm³/mol. The van der Waals surface area contributed by atoms with Gasteiger partial charge in [-0.15, -0.1) is 11.3 Å². The van der Waals surface area contributed by atoms with E-state index in [-0.39, 0.29) is 11.4 Å². The first-order valence-electron chi connectivity index (χ1n) is 9.43. The molecule has 3 aliphatic carbocycles. The maximum atomic E-state index is 13.3. The molecule has 132 valence electrons. The van der Waals surface area contributed by atoms with Crippen LogP contribution in [0.1, 0.15) is 43.0 Å². The molecule has 3 aromatic rings. The second-order valence-corrected chi connectivity index (χ2v) is 9.41. The first kappa shape index (κ1) is 15.0. The van der Waals surface area contributed by atoms with Crippen LogP contribution in [0.2, 0.25) is 0 Å². The molecule has 3 aliphatic rings. The SMILES string of the molecule is CC12C3CCC1CC2(NC(=O)c1cc(-c2cncs2)cc2[nH]ccc12)C3. The topological polar surface area (TPSA) is 57.8 Å². The van der Waals surface area contributed by atoms with Gasteiger partial charge in [-0.3, -0.25) is 9.78 Å². The van der Waals surface area contributed by atoms with Crippen molar-refractivity contribution in [2.45, 2.75) is 38.1 Å². The molecule has 0 saturated heterocycles. The van der Waals surface area contributed by atoms with Gasteiger partial charge in [-0.2, -0.15) is 0 Å². The van der Waals surface area contributed by atoms with Crippen LogP contribution in [-0.2, 0) is 0 Å². The van der Waals surface area contributed by atoms with Crippen molar-refractivity contribution in [1.82, 2.24) is 15.3 Å². The lowest BCUT2D eigenvalue weighted by Crippen LogP contribution is -2.78. The summed E-state index contributed by atoms with van der Waals surface area (Å²) in [7, 11) is 0. The van der Waals surface area contributed by atoms with E-state index in [2.05, 4.69) is 28.3 Å². The van der Waals surface area contributed by atoms with Crippen molar-refractivity contribution in [1.29, 1.82) is 0 Å². The normalized spacial score (nSPS) is 34.2. The first-order chi connectivity index (χ1) is 12.6. The largest absolute Gasteiger partial charge is 0.361 e. The molecule has 2 atom stereocenters. The van der Waals surface area contributed by atoms with Gasteiger partial charge in [0, 0.05) is 34.4 Å². The molecule has 0 radical (unpaired) electrons. The van der Waals surface area contributed by atoms with Crippen molar-refractivity contribution >= 4 is 28.1 Å². The van der Waals surface area contributed by atoms with E-state index in [1.807, 2.05) is 30.0 Å². The Morgan fingerprint density at radius 3 is 2.85 bits per heavy atom. The number of nitrogens with one attached hydrogen (secondary N) is 2. The highest BCUT2D eigenvalue weighted by Crippen LogP contribution is 2.76. The summed E-state index contributed by atoms with van der Waals surface area (Å²) in [4.78, 5) is 21.8. The number of nitrogens with zero attached hydrogens (tertiary/aromatic N) is 1. The van der Waals surface area contributed by atoms with Crippen LogP contribution in [0.25, 0.3) is 21.3 Å². The van der Waals surface area contributed by atoms with Crippen molar-refractivity contribution < 1.29 is 4.79 Å². The maximum Gasteiger partial charge on any atom is 0.252 e. The number of hydrogen-bond donors (Lipinski definition) is 2. The van der Waals surface area contributed by atoms with Crippen molar-refractivity contribution in [2.75, 3.05) is 0 Å². The molecular formula is C21H21N3OS. The van der Waals surface area contributed by atoms with Gasteiger partial charge in [0.25, 0.3) is 5.91 Å². The number of carbonyl (C=O) groups is 1. The first-order valence-corrected chi connectivity index (χ1v) is 10.3. The fraction of sp³-hybridized carbons (Fsp3) is 0.429. The van der Waals surface area contributed by atoms with Crippen LogP contribution in [0.4, 0.5) is 0 Å². The fourth-order valence-corrected chi connectivity index (χ4v) is 6.84. The van der Waals surface area contributed by atoms with Crippen molar-refractivity contribution in [3.63, 3.8) is 0 Å². The molecule has 2 heterocycles. The highest BCUT2D eigenvalue weighted by molar-refractivity contribution is 7.13. The summed E-state index contributed by atoms with van der Waals surface area (Å²) in [5.74, 6) is 1.71. The van der Waals surface area contributed by atoms with Crippen LogP contribution in [0, 0.1) is 17.3 Å². The number of aromatic nitrogens is 2. The van der Waals surface area contributed by atoms with Gasteiger partial charge in [0.05, 0.1) is 10.4 Å². The molecule has 2 N–H and O–H groups in total. The summed E-state index contributed by atoms with van der Waals surface area (Å²) in [6, 6.07) is 6.14. The average molecular weight is 363 g/mol. The number of benzene rings is 1. The lowest BCUT2D eigenvalue weighted by molar-refractivity contribution is -0.180. The Hall–Kier alpha value is -2.14. The molecule has 5 heteroatoms. The number of carbonyl (C=O) groups excluding carboxylic acids is 1. The summed E-state index contributed by atoms with van der Waals surface area (Å²) >= 11 is 1.60. The van der Waals surface area contributed by atoms with Gasteiger partial charge in [-0.1, -0.05) is 6.92 Å². The standard InChI is InChI=1S/C21H21N3OS/c1-20-13-2-3-14(20)9-21(20,8-13)24-19(25)16-6-12(18-10-22-11-26-18)7-17-15(16)4-5-23-17/h4-7,10-11,13-14,23H,2-3,8-9H2,1H3,(H,24,25). The Kier molecular flexibility index (Phi) is 2.75. The monoisotopic (exact) mass is 363 g/mol. The van der Waals surface area contributed by atoms with Crippen LogP contribution in [0.5, 0.6) is 0 Å². The van der Waals surface area contributed by atoms with Gasteiger partial charge >= 0.3 is 0 Å². The molecular weight excluding hydrogens is 342 g/mol. The zero-order valence-electron chi connectivity index (χ0n) is 14.7. The second kappa shape index (κ2) is 4.77.